The van der Waals surface area contributed by atoms with Gasteiger partial charge in [-0.25, -0.2) is 9.18 Å². The summed E-state index contributed by atoms with van der Waals surface area (Å²) < 4.78 is 18.8. The molecule has 0 aliphatic heterocycles. The van der Waals surface area contributed by atoms with Gasteiger partial charge < -0.3 is 14.9 Å². The third-order valence-corrected chi connectivity index (χ3v) is 3.79. The average Bonchev–Trinajstić information content (AvgIpc) is 2.59. The number of aromatic hydroxyl groups is 2. The van der Waals surface area contributed by atoms with Gasteiger partial charge in [0.25, 0.3) is 0 Å². The topological polar surface area (TPSA) is 66.8 Å². The van der Waals surface area contributed by atoms with Crippen LogP contribution < -0.4 is 0 Å². The van der Waals surface area contributed by atoms with Crippen LogP contribution >= 0.6 is 0 Å². The van der Waals surface area contributed by atoms with Gasteiger partial charge in [-0.05, 0) is 29.8 Å². The standard InChI is InChI=1S/C19H15FO4/c20-16-7-2-1-4-12(16)10-11-24-19(23)15-6-3-5-14-13(15)8-9-17(21)18(14)22/h1-9,21-22H,10-11H2. The van der Waals surface area contributed by atoms with Crippen molar-refractivity contribution in [1.29, 1.82) is 0 Å². The minimum Gasteiger partial charge on any atom is -0.504 e. The molecule has 0 fully saturated rings. The summed E-state index contributed by atoms with van der Waals surface area (Å²) in [5, 5.41) is 20.2. The number of hydrogen-bond donors (Lipinski definition) is 2. The molecule has 0 amide bonds. The van der Waals surface area contributed by atoms with Gasteiger partial charge in [-0.2, -0.15) is 0 Å². The van der Waals surface area contributed by atoms with E-state index >= 15 is 0 Å². The van der Waals surface area contributed by atoms with E-state index < -0.39 is 5.97 Å². The van der Waals surface area contributed by atoms with E-state index in [9.17, 15) is 19.4 Å². The van der Waals surface area contributed by atoms with Gasteiger partial charge in [-0.3, -0.25) is 0 Å². The zero-order valence-corrected chi connectivity index (χ0v) is 12.7. The summed E-state index contributed by atoms with van der Waals surface area (Å²) in [6, 6.07) is 13.9. The predicted molar refractivity (Wildman–Crippen MR) is 87.7 cm³/mol. The quantitative estimate of drug-likeness (QED) is 0.565. The van der Waals surface area contributed by atoms with E-state index in [-0.39, 0.29) is 35.9 Å². The van der Waals surface area contributed by atoms with Crippen LogP contribution in [-0.4, -0.2) is 22.8 Å². The fraction of sp³-hybridized carbons (Fsp3) is 0.105. The minimum atomic E-state index is -0.568. The first-order valence-electron chi connectivity index (χ1n) is 7.42. The molecule has 3 rings (SSSR count). The zero-order chi connectivity index (χ0) is 17.1. The highest BCUT2D eigenvalue weighted by atomic mass is 19.1. The fourth-order valence-electron chi connectivity index (χ4n) is 2.54. The van der Waals surface area contributed by atoms with Crippen LogP contribution in [0.25, 0.3) is 10.8 Å². The molecule has 0 aliphatic rings. The van der Waals surface area contributed by atoms with Crippen molar-refractivity contribution in [3.63, 3.8) is 0 Å². The van der Waals surface area contributed by atoms with E-state index in [1.165, 1.54) is 18.2 Å². The molecule has 3 aromatic rings. The maximum absolute atomic E-state index is 13.5. The number of phenolic OH excluding ortho intramolecular Hbond substituents is 2. The second kappa shape index (κ2) is 6.58. The number of halogens is 1. The normalized spacial score (nSPS) is 10.7. The smallest absolute Gasteiger partial charge is 0.338 e. The number of carbonyl (C=O) groups is 1. The van der Waals surface area contributed by atoms with E-state index in [0.717, 1.165) is 0 Å². The van der Waals surface area contributed by atoms with Crippen LogP contribution in [0.15, 0.2) is 54.6 Å². The van der Waals surface area contributed by atoms with Crippen molar-refractivity contribution in [1.82, 2.24) is 0 Å². The van der Waals surface area contributed by atoms with Crippen molar-refractivity contribution in [3.05, 3.63) is 71.5 Å². The molecule has 2 N–H and O–H groups in total. The second-order valence-electron chi connectivity index (χ2n) is 5.31. The molecule has 4 nitrogen and oxygen atoms in total. The van der Waals surface area contributed by atoms with Gasteiger partial charge in [0.2, 0.25) is 0 Å². The largest absolute Gasteiger partial charge is 0.504 e. The number of ether oxygens (including phenoxy) is 1. The number of fused-ring (bicyclic) bond motifs is 1. The highest BCUT2D eigenvalue weighted by molar-refractivity contribution is 6.06. The van der Waals surface area contributed by atoms with Crippen LogP contribution in [0.4, 0.5) is 4.39 Å². The molecular weight excluding hydrogens is 311 g/mol. The molecule has 0 heterocycles. The van der Waals surface area contributed by atoms with Gasteiger partial charge in [0, 0.05) is 17.2 Å². The van der Waals surface area contributed by atoms with Crippen molar-refractivity contribution >= 4 is 16.7 Å². The summed E-state index contributed by atoms with van der Waals surface area (Å²) in [5.41, 5.74) is 0.752. The Hall–Kier alpha value is -3.08. The predicted octanol–water partition coefficient (Wildman–Crippen LogP) is 3.79. The SMILES string of the molecule is O=C(OCCc1ccccc1F)c1cccc2c(O)c(O)ccc12. The number of carbonyl (C=O) groups excluding carboxylic acids is 1. The maximum Gasteiger partial charge on any atom is 0.338 e. The van der Waals surface area contributed by atoms with Gasteiger partial charge in [-0.1, -0.05) is 30.3 Å². The molecule has 0 radical (unpaired) electrons. The molecule has 0 spiro atoms. The Bertz CT molecular complexity index is 905. The average molecular weight is 326 g/mol. The van der Waals surface area contributed by atoms with Crippen molar-refractivity contribution < 1.29 is 24.1 Å². The molecule has 0 atom stereocenters. The molecule has 0 saturated heterocycles. The Balaban J connectivity index is 1.77. The van der Waals surface area contributed by atoms with Crippen LogP contribution in [-0.2, 0) is 11.2 Å². The van der Waals surface area contributed by atoms with Crippen molar-refractivity contribution in [3.8, 4) is 11.5 Å². The van der Waals surface area contributed by atoms with Crippen molar-refractivity contribution in [2.24, 2.45) is 0 Å². The zero-order valence-electron chi connectivity index (χ0n) is 12.7. The third-order valence-electron chi connectivity index (χ3n) is 3.79. The lowest BCUT2D eigenvalue weighted by atomic mass is 10.0. The molecule has 0 saturated carbocycles. The number of benzene rings is 3. The first-order valence-corrected chi connectivity index (χ1v) is 7.42. The fourth-order valence-corrected chi connectivity index (χ4v) is 2.54. The molecule has 0 aliphatic carbocycles. The number of phenols is 2. The van der Waals surface area contributed by atoms with Gasteiger partial charge in [0.1, 0.15) is 5.82 Å². The Kier molecular flexibility index (Phi) is 4.33. The van der Waals surface area contributed by atoms with Crippen molar-refractivity contribution in [2.45, 2.75) is 6.42 Å². The maximum atomic E-state index is 13.5. The Labute approximate surface area is 137 Å². The van der Waals surface area contributed by atoms with E-state index in [1.54, 1.807) is 36.4 Å². The van der Waals surface area contributed by atoms with Gasteiger partial charge in [0.05, 0.1) is 12.2 Å². The summed E-state index contributed by atoms with van der Waals surface area (Å²) in [6.45, 7) is 0.0419. The van der Waals surface area contributed by atoms with E-state index in [0.29, 0.717) is 16.3 Å². The van der Waals surface area contributed by atoms with E-state index in [4.69, 9.17) is 4.74 Å². The summed E-state index contributed by atoms with van der Waals surface area (Å²) in [7, 11) is 0. The van der Waals surface area contributed by atoms with Gasteiger partial charge in [0.15, 0.2) is 11.5 Å². The lowest BCUT2D eigenvalue weighted by Crippen LogP contribution is -2.09. The Morgan fingerprint density at radius 1 is 0.958 bits per heavy atom. The highest BCUT2D eigenvalue weighted by Gasteiger charge is 2.14. The second-order valence-corrected chi connectivity index (χ2v) is 5.31. The lowest BCUT2D eigenvalue weighted by molar-refractivity contribution is 0.0510. The summed E-state index contributed by atoms with van der Waals surface area (Å²) in [4.78, 5) is 12.3. The lowest BCUT2D eigenvalue weighted by Gasteiger charge is -2.09. The highest BCUT2D eigenvalue weighted by Crippen LogP contribution is 2.34. The minimum absolute atomic E-state index is 0.0419. The molecular formula is C19H15FO4. The summed E-state index contributed by atoms with van der Waals surface area (Å²) in [6.07, 6.45) is 0.273. The summed E-state index contributed by atoms with van der Waals surface area (Å²) in [5.74, 6) is -1.44. The third kappa shape index (κ3) is 3.01. The van der Waals surface area contributed by atoms with Crippen LogP contribution in [0, 0.1) is 5.82 Å². The number of rotatable bonds is 4. The van der Waals surface area contributed by atoms with E-state index in [2.05, 4.69) is 0 Å². The van der Waals surface area contributed by atoms with Gasteiger partial charge >= 0.3 is 5.97 Å². The molecule has 0 bridgehead atoms. The monoisotopic (exact) mass is 326 g/mol. The molecule has 5 heteroatoms. The van der Waals surface area contributed by atoms with Crippen molar-refractivity contribution in [2.75, 3.05) is 6.61 Å². The first-order chi connectivity index (χ1) is 11.6. The molecule has 24 heavy (non-hydrogen) atoms. The molecule has 0 unspecified atom stereocenters. The molecule has 0 aromatic heterocycles. The Morgan fingerprint density at radius 2 is 1.75 bits per heavy atom. The molecule has 3 aromatic carbocycles. The van der Waals surface area contributed by atoms with Crippen LogP contribution in [0.2, 0.25) is 0 Å². The first kappa shape index (κ1) is 15.8. The number of esters is 1. The van der Waals surface area contributed by atoms with E-state index in [1.807, 2.05) is 0 Å². The van der Waals surface area contributed by atoms with Crippen LogP contribution in [0.5, 0.6) is 11.5 Å². The molecule has 122 valence electrons. The van der Waals surface area contributed by atoms with Crippen LogP contribution in [0.1, 0.15) is 15.9 Å². The Morgan fingerprint density at radius 3 is 2.54 bits per heavy atom. The summed E-state index contributed by atoms with van der Waals surface area (Å²) >= 11 is 0. The number of hydrogen-bond acceptors (Lipinski definition) is 4. The van der Waals surface area contributed by atoms with Crippen LogP contribution in [0.3, 0.4) is 0 Å². The van der Waals surface area contributed by atoms with Gasteiger partial charge in [-0.15, -0.1) is 0 Å².